The summed E-state index contributed by atoms with van der Waals surface area (Å²) >= 11 is 0. The Labute approximate surface area is 67.5 Å². The van der Waals surface area contributed by atoms with Crippen LogP contribution in [-0.2, 0) is 0 Å². The molecule has 1 atom stereocenters. The standard InChI is InChI=1S/C8H16N2O/c1-2-4-10-5-3-8(9,6-10)7-11/h2,11H,1,3-7,9H2. The van der Waals surface area contributed by atoms with E-state index in [0.29, 0.717) is 0 Å². The van der Waals surface area contributed by atoms with Gasteiger partial charge in [-0.25, -0.2) is 0 Å². The van der Waals surface area contributed by atoms with Gasteiger partial charge < -0.3 is 10.8 Å². The van der Waals surface area contributed by atoms with Crippen molar-refractivity contribution in [2.75, 3.05) is 26.2 Å². The quantitative estimate of drug-likeness (QED) is 0.545. The molecule has 1 unspecified atom stereocenters. The topological polar surface area (TPSA) is 49.5 Å². The molecule has 64 valence electrons. The van der Waals surface area contributed by atoms with E-state index in [4.69, 9.17) is 10.8 Å². The molecule has 1 aliphatic heterocycles. The summed E-state index contributed by atoms with van der Waals surface area (Å²) in [6.07, 6.45) is 2.75. The number of aliphatic hydroxyl groups excluding tert-OH is 1. The minimum absolute atomic E-state index is 0.0840. The molecule has 0 aliphatic carbocycles. The maximum absolute atomic E-state index is 8.93. The van der Waals surface area contributed by atoms with Crippen LogP contribution in [0.5, 0.6) is 0 Å². The van der Waals surface area contributed by atoms with E-state index in [-0.39, 0.29) is 12.1 Å². The Kier molecular flexibility index (Phi) is 2.65. The largest absolute Gasteiger partial charge is 0.394 e. The Morgan fingerprint density at radius 3 is 2.91 bits per heavy atom. The molecule has 0 aromatic carbocycles. The molecule has 0 spiro atoms. The lowest BCUT2D eigenvalue weighted by Gasteiger charge is -2.20. The third-order valence-electron chi connectivity index (χ3n) is 2.17. The summed E-state index contributed by atoms with van der Waals surface area (Å²) in [5.41, 5.74) is 5.49. The van der Waals surface area contributed by atoms with E-state index in [0.717, 1.165) is 26.1 Å². The second-order valence-electron chi connectivity index (χ2n) is 3.29. The Morgan fingerprint density at radius 1 is 1.73 bits per heavy atom. The second-order valence-corrected chi connectivity index (χ2v) is 3.29. The van der Waals surface area contributed by atoms with E-state index in [1.807, 2.05) is 6.08 Å². The molecule has 1 saturated heterocycles. The van der Waals surface area contributed by atoms with Crippen LogP contribution in [0.4, 0.5) is 0 Å². The van der Waals surface area contributed by atoms with Gasteiger partial charge in [-0.3, -0.25) is 4.90 Å². The second kappa shape index (κ2) is 3.34. The van der Waals surface area contributed by atoms with Gasteiger partial charge in [0.1, 0.15) is 0 Å². The van der Waals surface area contributed by atoms with Gasteiger partial charge in [0.05, 0.1) is 12.1 Å². The molecule has 1 fully saturated rings. The van der Waals surface area contributed by atoms with E-state index in [9.17, 15) is 0 Å². The number of nitrogens with zero attached hydrogens (tertiary/aromatic N) is 1. The molecule has 0 aromatic heterocycles. The SMILES string of the molecule is C=CCN1CCC(N)(CO)C1. The van der Waals surface area contributed by atoms with Crippen LogP contribution in [0.25, 0.3) is 0 Å². The summed E-state index contributed by atoms with van der Waals surface area (Å²) in [4.78, 5) is 2.20. The lowest BCUT2D eigenvalue weighted by Crippen LogP contribution is -2.46. The Hall–Kier alpha value is -0.380. The van der Waals surface area contributed by atoms with Crippen LogP contribution >= 0.6 is 0 Å². The van der Waals surface area contributed by atoms with Gasteiger partial charge in [0, 0.05) is 19.6 Å². The van der Waals surface area contributed by atoms with E-state index in [2.05, 4.69) is 11.5 Å². The van der Waals surface area contributed by atoms with Crippen LogP contribution in [0.1, 0.15) is 6.42 Å². The molecule has 3 N–H and O–H groups in total. The average Bonchev–Trinajstić information content (AvgIpc) is 2.35. The van der Waals surface area contributed by atoms with Crippen molar-refractivity contribution in [3.63, 3.8) is 0 Å². The van der Waals surface area contributed by atoms with E-state index >= 15 is 0 Å². The zero-order valence-electron chi connectivity index (χ0n) is 6.79. The first kappa shape index (κ1) is 8.71. The lowest BCUT2D eigenvalue weighted by molar-refractivity contribution is 0.196. The zero-order chi connectivity index (χ0) is 8.32. The van der Waals surface area contributed by atoms with Gasteiger partial charge in [0.25, 0.3) is 0 Å². The number of hydrogen-bond donors (Lipinski definition) is 2. The molecular weight excluding hydrogens is 140 g/mol. The maximum Gasteiger partial charge on any atom is 0.0624 e. The number of nitrogens with two attached hydrogens (primary N) is 1. The van der Waals surface area contributed by atoms with Crippen LogP contribution in [0.15, 0.2) is 12.7 Å². The molecule has 11 heavy (non-hydrogen) atoms. The number of hydrogen-bond acceptors (Lipinski definition) is 3. The Morgan fingerprint density at radius 2 is 2.45 bits per heavy atom. The van der Waals surface area contributed by atoms with Crippen LogP contribution in [0.3, 0.4) is 0 Å². The minimum Gasteiger partial charge on any atom is -0.394 e. The van der Waals surface area contributed by atoms with E-state index in [1.165, 1.54) is 0 Å². The normalized spacial score (nSPS) is 32.5. The molecule has 0 radical (unpaired) electrons. The first-order chi connectivity index (χ1) is 5.20. The number of likely N-dealkylation sites (tertiary alicyclic amines) is 1. The highest BCUT2D eigenvalue weighted by molar-refractivity contribution is 4.95. The van der Waals surface area contributed by atoms with Crippen molar-refractivity contribution in [3.05, 3.63) is 12.7 Å². The van der Waals surface area contributed by atoms with Gasteiger partial charge in [-0.1, -0.05) is 6.08 Å². The molecule has 1 rings (SSSR count). The maximum atomic E-state index is 8.93. The highest BCUT2D eigenvalue weighted by Crippen LogP contribution is 2.17. The van der Waals surface area contributed by atoms with Crippen molar-refractivity contribution >= 4 is 0 Å². The van der Waals surface area contributed by atoms with E-state index < -0.39 is 0 Å². The molecule has 1 aliphatic rings. The summed E-state index contributed by atoms with van der Waals surface area (Å²) in [5, 5.41) is 8.93. The number of rotatable bonds is 3. The predicted molar refractivity (Wildman–Crippen MR) is 45.3 cm³/mol. The summed E-state index contributed by atoms with van der Waals surface area (Å²) < 4.78 is 0. The summed E-state index contributed by atoms with van der Waals surface area (Å²) in [5.74, 6) is 0. The first-order valence-electron chi connectivity index (χ1n) is 3.93. The highest BCUT2D eigenvalue weighted by Gasteiger charge is 2.32. The molecule has 0 bridgehead atoms. The lowest BCUT2D eigenvalue weighted by atomic mass is 10.0. The van der Waals surface area contributed by atoms with Crippen molar-refractivity contribution in [3.8, 4) is 0 Å². The molecule has 3 nitrogen and oxygen atoms in total. The fraction of sp³-hybridized carbons (Fsp3) is 0.750. The van der Waals surface area contributed by atoms with Crippen molar-refractivity contribution < 1.29 is 5.11 Å². The smallest absolute Gasteiger partial charge is 0.0624 e. The van der Waals surface area contributed by atoms with Gasteiger partial charge in [-0.05, 0) is 6.42 Å². The third-order valence-corrected chi connectivity index (χ3v) is 2.17. The monoisotopic (exact) mass is 156 g/mol. The van der Waals surface area contributed by atoms with Crippen LogP contribution in [-0.4, -0.2) is 41.8 Å². The summed E-state index contributed by atoms with van der Waals surface area (Å²) in [6.45, 7) is 6.37. The van der Waals surface area contributed by atoms with Crippen molar-refractivity contribution in [1.82, 2.24) is 4.90 Å². The van der Waals surface area contributed by atoms with Crippen LogP contribution in [0.2, 0.25) is 0 Å². The summed E-state index contributed by atoms with van der Waals surface area (Å²) in [7, 11) is 0. The van der Waals surface area contributed by atoms with Crippen molar-refractivity contribution in [2.45, 2.75) is 12.0 Å². The molecule has 0 amide bonds. The predicted octanol–water partition coefficient (Wildman–Crippen LogP) is -0.432. The van der Waals surface area contributed by atoms with Gasteiger partial charge >= 0.3 is 0 Å². The Bertz CT molecular complexity index is 149. The van der Waals surface area contributed by atoms with E-state index in [1.54, 1.807) is 0 Å². The first-order valence-corrected chi connectivity index (χ1v) is 3.93. The fourth-order valence-corrected chi connectivity index (χ4v) is 1.45. The molecule has 1 heterocycles. The zero-order valence-corrected chi connectivity index (χ0v) is 6.79. The molecular formula is C8H16N2O. The average molecular weight is 156 g/mol. The van der Waals surface area contributed by atoms with Crippen LogP contribution in [0, 0.1) is 0 Å². The van der Waals surface area contributed by atoms with Crippen molar-refractivity contribution in [1.29, 1.82) is 0 Å². The fourth-order valence-electron chi connectivity index (χ4n) is 1.45. The highest BCUT2D eigenvalue weighted by atomic mass is 16.3. The molecule has 0 saturated carbocycles. The summed E-state index contributed by atoms with van der Waals surface area (Å²) in [6, 6.07) is 0. The third kappa shape index (κ3) is 2.02. The van der Waals surface area contributed by atoms with Gasteiger partial charge in [0.15, 0.2) is 0 Å². The van der Waals surface area contributed by atoms with Gasteiger partial charge in [-0.2, -0.15) is 0 Å². The Balaban J connectivity index is 2.39. The molecule has 3 heteroatoms. The van der Waals surface area contributed by atoms with Gasteiger partial charge in [0.2, 0.25) is 0 Å². The number of aliphatic hydroxyl groups is 1. The minimum atomic E-state index is -0.358. The van der Waals surface area contributed by atoms with Crippen molar-refractivity contribution in [2.24, 2.45) is 5.73 Å². The van der Waals surface area contributed by atoms with Crippen LogP contribution < -0.4 is 5.73 Å². The van der Waals surface area contributed by atoms with Gasteiger partial charge in [-0.15, -0.1) is 6.58 Å². The molecule has 0 aromatic rings.